The number of piperidine rings is 1. The molecular formula is C13H15ClFNO4S. The Labute approximate surface area is 127 Å². The van der Waals surface area contributed by atoms with Crippen LogP contribution in [0.25, 0.3) is 0 Å². The largest absolute Gasteiger partial charge is 0.481 e. The van der Waals surface area contributed by atoms with Gasteiger partial charge in [-0.1, -0.05) is 11.6 Å². The highest BCUT2D eigenvalue weighted by atomic mass is 35.5. The van der Waals surface area contributed by atoms with E-state index in [9.17, 15) is 17.6 Å². The molecule has 0 amide bonds. The van der Waals surface area contributed by atoms with Crippen molar-refractivity contribution in [3.05, 3.63) is 29.0 Å². The van der Waals surface area contributed by atoms with Crippen molar-refractivity contribution in [3.8, 4) is 0 Å². The molecule has 0 aromatic heterocycles. The summed E-state index contributed by atoms with van der Waals surface area (Å²) in [6.45, 7) is 1.52. The molecule has 1 aliphatic heterocycles. The second-order valence-corrected chi connectivity index (χ2v) is 7.41. The van der Waals surface area contributed by atoms with E-state index in [1.54, 1.807) is 6.92 Å². The number of benzene rings is 1. The van der Waals surface area contributed by atoms with E-state index in [4.69, 9.17) is 16.7 Å². The van der Waals surface area contributed by atoms with Crippen molar-refractivity contribution in [2.75, 3.05) is 6.54 Å². The van der Waals surface area contributed by atoms with E-state index in [1.165, 1.54) is 6.07 Å². The van der Waals surface area contributed by atoms with Crippen LogP contribution in [0.3, 0.4) is 0 Å². The highest BCUT2D eigenvalue weighted by Crippen LogP contribution is 2.30. The van der Waals surface area contributed by atoms with Gasteiger partial charge in [0.15, 0.2) is 0 Å². The van der Waals surface area contributed by atoms with Crippen molar-refractivity contribution in [3.63, 3.8) is 0 Å². The molecule has 2 atom stereocenters. The van der Waals surface area contributed by atoms with Gasteiger partial charge in [0.2, 0.25) is 10.0 Å². The minimum Gasteiger partial charge on any atom is -0.481 e. The van der Waals surface area contributed by atoms with E-state index in [-0.39, 0.29) is 17.6 Å². The summed E-state index contributed by atoms with van der Waals surface area (Å²) < 4.78 is 40.0. The molecule has 0 spiro atoms. The maximum absolute atomic E-state index is 13.8. The van der Waals surface area contributed by atoms with Crippen LogP contribution in [0, 0.1) is 11.7 Å². The highest BCUT2D eigenvalue weighted by molar-refractivity contribution is 7.89. The number of nitrogens with zero attached hydrogens (tertiary/aromatic N) is 1. The summed E-state index contributed by atoms with van der Waals surface area (Å²) in [7, 11) is -4.12. The monoisotopic (exact) mass is 335 g/mol. The molecular weight excluding hydrogens is 321 g/mol. The molecule has 116 valence electrons. The Morgan fingerprint density at radius 1 is 1.43 bits per heavy atom. The molecule has 1 aliphatic rings. The first-order valence-electron chi connectivity index (χ1n) is 6.43. The molecule has 1 N–H and O–H groups in total. The number of rotatable bonds is 3. The Bertz CT molecular complexity index is 664. The fourth-order valence-corrected chi connectivity index (χ4v) is 4.45. The third-order valence-electron chi connectivity index (χ3n) is 3.65. The molecule has 0 bridgehead atoms. The maximum atomic E-state index is 13.8. The summed E-state index contributed by atoms with van der Waals surface area (Å²) in [6.07, 6.45) is 0.818. The number of carbonyl (C=O) groups is 1. The summed E-state index contributed by atoms with van der Waals surface area (Å²) in [6, 6.07) is 2.90. The van der Waals surface area contributed by atoms with E-state index in [2.05, 4.69) is 0 Å². The zero-order valence-electron chi connectivity index (χ0n) is 11.3. The third-order valence-corrected chi connectivity index (χ3v) is 5.88. The standard InChI is InChI=1S/C13H15ClFNO4S/c1-8-2-3-9(13(17)18)7-16(8)21(19,20)12-6-10(14)4-5-11(12)15/h4-6,8-9H,2-3,7H2,1H3,(H,17,18). The fraction of sp³-hybridized carbons (Fsp3) is 0.462. The van der Waals surface area contributed by atoms with Crippen molar-refractivity contribution in [2.24, 2.45) is 5.92 Å². The second kappa shape index (κ2) is 5.90. The van der Waals surface area contributed by atoms with Crippen LogP contribution in [0.15, 0.2) is 23.1 Å². The van der Waals surface area contributed by atoms with Gasteiger partial charge in [-0.15, -0.1) is 0 Å². The van der Waals surface area contributed by atoms with E-state index in [0.717, 1.165) is 16.4 Å². The predicted octanol–water partition coefficient (Wildman–Crippen LogP) is 2.35. The molecule has 1 aromatic carbocycles. The van der Waals surface area contributed by atoms with Crippen molar-refractivity contribution >= 4 is 27.6 Å². The number of hydrogen-bond donors (Lipinski definition) is 1. The van der Waals surface area contributed by atoms with E-state index in [1.807, 2.05) is 0 Å². The highest BCUT2D eigenvalue weighted by Gasteiger charge is 2.38. The smallest absolute Gasteiger partial charge is 0.307 e. The molecule has 5 nitrogen and oxygen atoms in total. The van der Waals surface area contributed by atoms with Gasteiger partial charge >= 0.3 is 5.97 Å². The Kier molecular flexibility index (Phi) is 4.55. The summed E-state index contributed by atoms with van der Waals surface area (Å²) in [4.78, 5) is 10.6. The van der Waals surface area contributed by atoms with Gasteiger partial charge in [-0.05, 0) is 38.0 Å². The average Bonchev–Trinajstić information content (AvgIpc) is 2.41. The van der Waals surface area contributed by atoms with Crippen LogP contribution in [0.2, 0.25) is 5.02 Å². The molecule has 1 aromatic rings. The zero-order valence-corrected chi connectivity index (χ0v) is 12.9. The molecule has 0 aliphatic carbocycles. The predicted molar refractivity (Wildman–Crippen MR) is 75.1 cm³/mol. The molecule has 1 fully saturated rings. The lowest BCUT2D eigenvalue weighted by molar-refractivity contribution is -0.143. The molecule has 2 unspecified atom stereocenters. The van der Waals surface area contributed by atoms with Crippen LogP contribution in [0.5, 0.6) is 0 Å². The van der Waals surface area contributed by atoms with Crippen molar-refractivity contribution < 1.29 is 22.7 Å². The minimum absolute atomic E-state index is 0.106. The molecule has 8 heteroatoms. The lowest BCUT2D eigenvalue weighted by atomic mass is 9.96. The van der Waals surface area contributed by atoms with Crippen molar-refractivity contribution in [1.82, 2.24) is 4.31 Å². The SMILES string of the molecule is CC1CCC(C(=O)O)CN1S(=O)(=O)c1cc(Cl)ccc1F. The van der Waals surface area contributed by atoms with E-state index >= 15 is 0 Å². The van der Waals surface area contributed by atoms with Gasteiger partial charge in [0.25, 0.3) is 0 Å². The van der Waals surface area contributed by atoms with Gasteiger partial charge in [-0.3, -0.25) is 4.79 Å². The summed E-state index contributed by atoms with van der Waals surface area (Å²) in [5.41, 5.74) is 0. The Morgan fingerprint density at radius 3 is 2.71 bits per heavy atom. The number of sulfonamides is 1. The van der Waals surface area contributed by atoms with E-state index < -0.39 is 32.6 Å². The van der Waals surface area contributed by atoms with Gasteiger partial charge in [-0.2, -0.15) is 4.31 Å². The first-order chi connectivity index (χ1) is 9.73. The lowest BCUT2D eigenvalue weighted by Gasteiger charge is -2.35. The number of carboxylic acids is 1. The zero-order chi connectivity index (χ0) is 15.8. The van der Waals surface area contributed by atoms with Crippen molar-refractivity contribution in [2.45, 2.75) is 30.7 Å². The lowest BCUT2D eigenvalue weighted by Crippen LogP contribution is -2.47. The topological polar surface area (TPSA) is 74.7 Å². The van der Waals surface area contributed by atoms with Gasteiger partial charge < -0.3 is 5.11 Å². The van der Waals surface area contributed by atoms with Crippen LogP contribution < -0.4 is 0 Å². The van der Waals surface area contributed by atoms with Crippen molar-refractivity contribution in [1.29, 1.82) is 0 Å². The van der Waals surface area contributed by atoms with Crippen LogP contribution in [0.4, 0.5) is 4.39 Å². The Morgan fingerprint density at radius 2 is 2.10 bits per heavy atom. The quantitative estimate of drug-likeness (QED) is 0.920. The number of aliphatic carboxylic acids is 1. The Hall–Kier alpha value is -1.18. The normalized spacial score (nSPS) is 24.0. The third kappa shape index (κ3) is 3.20. The molecule has 0 radical (unpaired) electrons. The first kappa shape index (κ1) is 16.2. The maximum Gasteiger partial charge on any atom is 0.307 e. The summed E-state index contributed by atoms with van der Waals surface area (Å²) in [5.74, 6) is -2.73. The molecule has 1 saturated heterocycles. The molecule has 21 heavy (non-hydrogen) atoms. The van der Waals surface area contributed by atoms with Crippen LogP contribution in [-0.4, -0.2) is 36.4 Å². The first-order valence-corrected chi connectivity index (χ1v) is 8.25. The van der Waals surface area contributed by atoms with Crippen LogP contribution in [-0.2, 0) is 14.8 Å². The Balaban J connectivity index is 2.42. The van der Waals surface area contributed by atoms with Gasteiger partial charge in [0.1, 0.15) is 10.7 Å². The molecule has 0 saturated carbocycles. The molecule has 2 rings (SSSR count). The average molecular weight is 336 g/mol. The summed E-state index contributed by atoms with van der Waals surface area (Å²) >= 11 is 5.73. The van der Waals surface area contributed by atoms with Gasteiger partial charge in [0, 0.05) is 17.6 Å². The van der Waals surface area contributed by atoms with Gasteiger partial charge in [0.05, 0.1) is 5.92 Å². The number of carboxylic acid groups (broad SMARTS) is 1. The van der Waals surface area contributed by atoms with Gasteiger partial charge in [-0.25, -0.2) is 12.8 Å². The number of hydrogen-bond acceptors (Lipinski definition) is 3. The van der Waals surface area contributed by atoms with E-state index in [0.29, 0.717) is 12.8 Å². The van der Waals surface area contributed by atoms with Crippen LogP contribution in [0.1, 0.15) is 19.8 Å². The van der Waals surface area contributed by atoms with Crippen LogP contribution >= 0.6 is 11.6 Å². The summed E-state index contributed by atoms with van der Waals surface area (Å²) in [5, 5.41) is 9.17. The minimum atomic E-state index is -4.12. The molecule has 1 heterocycles. The fourth-order valence-electron chi connectivity index (χ4n) is 2.41. The number of halogens is 2. The second-order valence-electron chi connectivity index (χ2n) is 5.11.